The third kappa shape index (κ3) is 47.3. The molecule has 2 aliphatic heterocycles. The van der Waals surface area contributed by atoms with Crippen molar-refractivity contribution in [3.63, 3.8) is 0 Å². The molecule has 12 atom stereocenters. The van der Waals surface area contributed by atoms with Gasteiger partial charge in [0, 0.05) is 6.42 Å². The number of hydrogen-bond donors (Lipinski definition) is 9. The molecule has 94 heavy (non-hydrogen) atoms. The zero-order chi connectivity index (χ0) is 68.0. The van der Waals surface area contributed by atoms with E-state index < -0.39 is 86.8 Å². The smallest absolute Gasteiger partial charge is 0.220 e. The Kier molecular flexibility index (Phi) is 60.7. The van der Waals surface area contributed by atoms with Crippen molar-refractivity contribution in [2.24, 2.45) is 0 Å². The van der Waals surface area contributed by atoms with Gasteiger partial charge in [0.15, 0.2) is 12.6 Å². The molecule has 2 rings (SSSR count). The van der Waals surface area contributed by atoms with E-state index in [9.17, 15) is 45.6 Å². The van der Waals surface area contributed by atoms with E-state index in [0.717, 1.165) is 44.9 Å². The Labute approximate surface area is 576 Å². The second-order valence-electron chi connectivity index (χ2n) is 28.5. The Morgan fingerprint density at radius 3 is 1.04 bits per heavy atom. The summed E-state index contributed by atoms with van der Waals surface area (Å²) in [5, 5.41) is 87.6. The number of allylic oxidation sites excluding steroid dienone is 5. The molecule has 0 aromatic carbocycles. The van der Waals surface area contributed by atoms with Crippen LogP contribution in [0.5, 0.6) is 0 Å². The molecule has 12 unspecified atom stereocenters. The molecule has 0 aliphatic carbocycles. The van der Waals surface area contributed by atoms with Gasteiger partial charge in [0.05, 0.1) is 32.0 Å². The van der Waals surface area contributed by atoms with E-state index in [4.69, 9.17) is 18.9 Å². The average molecular weight is 1340 g/mol. The molecule has 14 heteroatoms. The van der Waals surface area contributed by atoms with Crippen LogP contribution in [0.25, 0.3) is 0 Å². The molecule has 0 radical (unpaired) electrons. The van der Waals surface area contributed by atoms with Crippen LogP contribution in [0.2, 0.25) is 0 Å². The van der Waals surface area contributed by atoms with Crippen molar-refractivity contribution in [1.82, 2.24) is 5.32 Å². The van der Waals surface area contributed by atoms with Gasteiger partial charge < -0.3 is 65.1 Å². The van der Waals surface area contributed by atoms with Crippen LogP contribution < -0.4 is 5.32 Å². The first-order valence-electron chi connectivity index (χ1n) is 40.2. The standard InChI is InChI=1S/C80H151NO13/c1-3-5-7-9-11-13-15-17-19-21-23-25-27-29-31-32-33-34-35-36-37-38-40-42-44-46-48-50-52-54-56-58-60-62-64-72(85)81-68(67-91-79-77(90)75(88)78(71(66-83)93-79)94-80-76(89)74(87)73(86)70(65-82)92-80)69(84)63-61-59-57-55-53-51-49-47-45-43-41-39-30-28-26-24-22-20-18-16-14-12-10-8-6-4-2/h45,47,53,55,61,63,68-71,73-80,82-84,86-90H,3-44,46,48-52,54,56-60,62,64-67H2,1-2H3,(H,81,85)/b47-45+,55-53+,63-61+. The number of aliphatic hydroxyl groups is 8. The van der Waals surface area contributed by atoms with E-state index in [-0.39, 0.29) is 18.9 Å². The summed E-state index contributed by atoms with van der Waals surface area (Å²) in [5.74, 6) is -0.245. The summed E-state index contributed by atoms with van der Waals surface area (Å²) < 4.78 is 22.9. The van der Waals surface area contributed by atoms with Crippen LogP contribution in [0.4, 0.5) is 0 Å². The van der Waals surface area contributed by atoms with Crippen molar-refractivity contribution in [2.45, 2.75) is 447 Å². The summed E-state index contributed by atoms with van der Waals surface area (Å²) in [7, 11) is 0. The van der Waals surface area contributed by atoms with Gasteiger partial charge in [-0.2, -0.15) is 0 Å². The third-order valence-electron chi connectivity index (χ3n) is 19.8. The fourth-order valence-electron chi connectivity index (χ4n) is 13.4. The van der Waals surface area contributed by atoms with Gasteiger partial charge in [-0.15, -0.1) is 0 Å². The minimum atomic E-state index is -1.79. The summed E-state index contributed by atoms with van der Waals surface area (Å²) in [6.45, 7) is 2.84. The van der Waals surface area contributed by atoms with Gasteiger partial charge in [0.25, 0.3) is 0 Å². The number of ether oxygens (including phenoxy) is 4. The summed E-state index contributed by atoms with van der Waals surface area (Å²) >= 11 is 0. The van der Waals surface area contributed by atoms with Crippen LogP contribution in [-0.4, -0.2) is 140 Å². The van der Waals surface area contributed by atoms with Gasteiger partial charge >= 0.3 is 0 Å². The van der Waals surface area contributed by atoms with Crippen molar-refractivity contribution in [3.8, 4) is 0 Å². The van der Waals surface area contributed by atoms with Crippen LogP contribution in [-0.2, 0) is 23.7 Å². The Balaban J connectivity index is 1.62. The molecule has 554 valence electrons. The lowest BCUT2D eigenvalue weighted by Gasteiger charge is -2.46. The highest BCUT2D eigenvalue weighted by molar-refractivity contribution is 5.76. The van der Waals surface area contributed by atoms with Gasteiger partial charge in [-0.3, -0.25) is 4.79 Å². The fourth-order valence-corrected chi connectivity index (χ4v) is 13.4. The highest BCUT2D eigenvalue weighted by Crippen LogP contribution is 2.30. The molecule has 0 aromatic rings. The summed E-state index contributed by atoms with van der Waals surface area (Å²) in [4.78, 5) is 13.4. The van der Waals surface area contributed by atoms with Gasteiger partial charge in [0.2, 0.25) is 5.91 Å². The third-order valence-corrected chi connectivity index (χ3v) is 19.8. The zero-order valence-electron chi connectivity index (χ0n) is 60.7. The van der Waals surface area contributed by atoms with Crippen molar-refractivity contribution in [2.75, 3.05) is 19.8 Å². The minimum absolute atomic E-state index is 0.245. The summed E-state index contributed by atoms with van der Waals surface area (Å²) in [5.41, 5.74) is 0. The number of carbonyl (C=O) groups is 1. The maximum atomic E-state index is 13.4. The Morgan fingerprint density at radius 1 is 0.372 bits per heavy atom. The molecule has 1 amide bonds. The van der Waals surface area contributed by atoms with Gasteiger partial charge in [-0.1, -0.05) is 359 Å². The van der Waals surface area contributed by atoms with Gasteiger partial charge in [-0.25, -0.2) is 0 Å². The van der Waals surface area contributed by atoms with E-state index in [2.05, 4.69) is 43.5 Å². The van der Waals surface area contributed by atoms with Crippen LogP contribution in [0.3, 0.4) is 0 Å². The number of aliphatic hydroxyl groups excluding tert-OH is 8. The van der Waals surface area contributed by atoms with Crippen molar-refractivity contribution < 1.29 is 64.6 Å². The Hall–Kier alpha value is -1.79. The van der Waals surface area contributed by atoms with Crippen molar-refractivity contribution in [3.05, 3.63) is 36.5 Å². The number of unbranched alkanes of at least 4 members (excludes halogenated alkanes) is 51. The Bertz CT molecular complexity index is 1720. The maximum absolute atomic E-state index is 13.4. The fraction of sp³-hybridized carbons (Fsp3) is 0.912. The van der Waals surface area contributed by atoms with Crippen LogP contribution >= 0.6 is 0 Å². The van der Waals surface area contributed by atoms with Gasteiger partial charge in [-0.05, 0) is 44.9 Å². The van der Waals surface area contributed by atoms with E-state index in [1.807, 2.05) is 6.08 Å². The lowest BCUT2D eigenvalue weighted by atomic mass is 9.97. The van der Waals surface area contributed by atoms with Crippen molar-refractivity contribution >= 4 is 5.91 Å². The van der Waals surface area contributed by atoms with E-state index in [1.165, 1.54) is 295 Å². The predicted octanol–water partition coefficient (Wildman–Crippen LogP) is 18.0. The predicted molar refractivity (Wildman–Crippen MR) is 388 cm³/mol. The number of hydrogen-bond acceptors (Lipinski definition) is 13. The lowest BCUT2D eigenvalue weighted by Crippen LogP contribution is -2.65. The molecule has 9 N–H and O–H groups in total. The highest BCUT2D eigenvalue weighted by atomic mass is 16.7. The molecule has 0 aromatic heterocycles. The van der Waals surface area contributed by atoms with E-state index >= 15 is 0 Å². The van der Waals surface area contributed by atoms with E-state index in [0.29, 0.717) is 12.8 Å². The lowest BCUT2D eigenvalue weighted by molar-refractivity contribution is -0.359. The normalized spacial score (nSPS) is 22.6. The minimum Gasteiger partial charge on any atom is -0.394 e. The molecular weight excluding hydrogens is 1180 g/mol. The van der Waals surface area contributed by atoms with Crippen LogP contribution in [0, 0.1) is 0 Å². The monoisotopic (exact) mass is 1330 g/mol. The topological polar surface area (TPSA) is 228 Å². The summed E-state index contributed by atoms with van der Waals surface area (Å²) in [6, 6.07) is -0.938. The maximum Gasteiger partial charge on any atom is 0.220 e. The quantitative estimate of drug-likeness (QED) is 0.0204. The SMILES string of the molecule is CCCCCCCCCCCCCCCCCC/C=C/CC/C=C/CC/C=C/C(O)C(COC1OC(CO)C(OC2OC(CO)C(O)C(O)C2O)C(O)C1O)NC(=O)CCCCCCCCCCCCCCCCCCCCCCCCCCCCCCCCCCCC. The van der Waals surface area contributed by atoms with Crippen molar-refractivity contribution in [1.29, 1.82) is 0 Å². The second-order valence-corrected chi connectivity index (χ2v) is 28.5. The first kappa shape index (κ1) is 88.3. The van der Waals surface area contributed by atoms with Crippen LogP contribution in [0.1, 0.15) is 373 Å². The molecule has 2 aliphatic rings. The molecule has 0 spiro atoms. The molecule has 2 fully saturated rings. The summed E-state index contributed by atoms with van der Waals surface area (Å²) in [6.07, 6.45) is 68.1. The largest absolute Gasteiger partial charge is 0.394 e. The number of nitrogens with one attached hydrogen (secondary N) is 1. The molecule has 14 nitrogen and oxygen atoms in total. The highest BCUT2D eigenvalue weighted by Gasteiger charge is 2.51. The molecule has 0 bridgehead atoms. The van der Waals surface area contributed by atoms with Gasteiger partial charge in [0.1, 0.15) is 48.8 Å². The zero-order valence-corrected chi connectivity index (χ0v) is 60.7. The van der Waals surface area contributed by atoms with Crippen LogP contribution in [0.15, 0.2) is 36.5 Å². The molecular formula is C80H151NO13. The second kappa shape index (κ2) is 64.6. The first-order chi connectivity index (χ1) is 46.1. The number of amides is 1. The first-order valence-corrected chi connectivity index (χ1v) is 40.2. The number of carbonyl (C=O) groups excluding carboxylic acids is 1. The molecule has 0 saturated carbocycles. The molecule has 2 saturated heterocycles. The number of rotatable bonds is 68. The average Bonchev–Trinajstić information content (AvgIpc) is 0.794. The van der Waals surface area contributed by atoms with E-state index in [1.54, 1.807) is 6.08 Å². The Morgan fingerprint density at radius 2 is 0.681 bits per heavy atom. The molecule has 2 heterocycles.